The molecule has 1 aliphatic heterocycles. The van der Waals surface area contributed by atoms with Crippen LogP contribution < -0.4 is 10.5 Å². The molecule has 1 fully saturated rings. The second kappa shape index (κ2) is 6.78. The first kappa shape index (κ1) is 15.6. The second-order valence-electron chi connectivity index (χ2n) is 6.44. The fourth-order valence-corrected chi connectivity index (χ4v) is 2.27. The third-order valence-corrected chi connectivity index (χ3v) is 3.31. The van der Waals surface area contributed by atoms with Crippen LogP contribution in [-0.4, -0.2) is 34.5 Å². The zero-order chi connectivity index (χ0) is 15.3. The van der Waals surface area contributed by atoms with Gasteiger partial charge in [-0.05, 0) is 45.6 Å². The fraction of sp³-hybridized carbons (Fsp3) is 0.625. The van der Waals surface area contributed by atoms with E-state index in [9.17, 15) is 0 Å². The normalized spacial score (nSPS) is 16.9. The Morgan fingerprint density at radius 1 is 1.29 bits per heavy atom. The van der Waals surface area contributed by atoms with Gasteiger partial charge in [0.15, 0.2) is 5.96 Å². The minimum Gasteiger partial charge on any atom is -0.472 e. The summed E-state index contributed by atoms with van der Waals surface area (Å²) in [5, 5.41) is 0. The number of pyridine rings is 1. The van der Waals surface area contributed by atoms with E-state index >= 15 is 0 Å². The van der Waals surface area contributed by atoms with Gasteiger partial charge in [0, 0.05) is 25.4 Å². The molecule has 0 amide bonds. The predicted molar refractivity (Wildman–Crippen MR) is 85.4 cm³/mol. The van der Waals surface area contributed by atoms with Crippen molar-refractivity contribution in [1.82, 2.24) is 9.88 Å². The number of hydrogen-bond acceptors (Lipinski definition) is 3. The predicted octanol–water partition coefficient (Wildman–Crippen LogP) is 2.56. The lowest BCUT2D eigenvalue weighted by atomic mass is 10.1. The summed E-state index contributed by atoms with van der Waals surface area (Å²) in [6.45, 7) is 8.62. The number of hydrogen-bond donors (Lipinski definition) is 1. The smallest absolute Gasteiger partial charge is 0.213 e. The van der Waals surface area contributed by atoms with E-state index in [4.69, 9.17) is 10.5 Å². The van der Waals surface area contributed by atoms with Gasteiger partial charge in [-0.15, -0.1) is 0 Å². The van der Waals surface area contributed by atoms with E-state index in [0.717, 1.165) is 18.7 Å². The fourth-order valence-electron chi connectivity index (χ4n) is 2.27. The summed E-state index contributed by atoms with van der Waals surface area (Å²) >= 11 is 0. The Hall–Kier alpha value is -1.78. The van der Waals surface area contributed by atoms with Gasteiger partial charge in [0.2, 0.25) is 5.88 Å². The third kappa shape index (κ3) is 5.25. The van der Waals surface area contributed by atoms with Gasteiger partial charge < -0.3 is 15.4 Å². The van der Waals surface area contributed by atoms with Crippen LogP contribution >= 0.6 is 0 Å². The molecule has 0 spiro atoms. The molecule has 1 aliphatic rings. The van der Waals surface area contributed by atoms with Crippen LogP contribution in [0, 0.1) is 0 Å². The Morgan fingerprint density at radius 3 is 2.57 bits per heavy atom. The van der Waals surface area contributed by atoms with Crippen molar-refractivity contribution in [2.45, 2.75) is 52.2 Å². The molecular formula is C16H26N4O. The highest BCUT2D eigenvalue weighted by Gasteiger charge is 2.13. The summed E-state index contributed by atoms with van der Waals surface area (Å²) in [6, 6.07) is 3.87. The summed E-state index contributed by atoms with van der Waals surface area (Å²) in [4.78, 5) is 10.9. The Kier molecular flexibility index (Phi) is 5.04. The number of guanidine groups is 1. The standard InChI is InChI=1S/C16H26N4O/c1-16(2,3)21-14-8-7-13(11-18-14)12-19-15(17)20-9-5-4-6-10-20/h7-8,11H,4-6,9-10,12H2,1-3H3,(H2,17,19). The van der Waals surface area contributed by atoms with Crippen LogP contribution in [0.5, 0.6) is 5.88 Å². The molecule has 0 radical (unpaired) electrons. The van der Waals surface area contributed by atoms with E-state index in [0.29, 0.717) is 18.4 Å². The molecule has 1 saturated heterocycles. The first-order valence-corrected chi connectivity index (χ1v) is 7.63. The number of piperidine rings is 1. The van der Waals surface area contributed by atoms with E-state index in [1.54, 1.807) is 6.20 Å². The number of aliphatic imine (C=N–C) groups is 1. The Labute approximate surface area is 127 Å². The average molecular weight is 290 g/mol. The minimum atomic E-state index is -0.231. The number of nitrogens with zero attached hydrogens (tertiary/aromatic N) is 3. The molecule has 21 heavy (non-hydrogen) atoms. The van der Waals surface area contributed by atoms with Crippen LogP contribution in [0.25, 0.3) is 0 Å². The van der Waals surface area contributed by atoms with E-state index in [2.05, 4.69) is 14.9 Å². The molecule has 2 heterocycles. The topological polar surface area (TPSA) is 63.7 Å². The zero-order valence-electron chi connectivity index (χ0n) is 13.3. The zero-order valence-corrected chi connectivity index (χ0v) is 13.3. The van der Waals surface area contributed by atoms with Crippen LogP contribution in [-0.2, 0) is 6.54 Å². The van der Waals surface area contributed by atoms with Gasteiger partial charge in [-0.25, -0.2) is 9.98 Å². The van der Waals surface area contributed by atoms with E-state index in [1.165, 1.54) is 19.3 Å². The number of ether oxygens (including phenoxy) is 1. The maximum Gasteiger partial charge on any atom is 0.213 e. The number of likely N-dealkylation sites (tertiary alicyclic amines) is 1. The maximum absolute atomic E-state index is 6.04. The molecule has 0 aliphatic carbocycles. The first-order valence-electron chi connectivity index (χ1n) is 7.63. The highest BCUT2D eigenvalue weighted by molar-refractivity contribution is 5.78. The van der Waals surface area contributed by atoms with Gasteiger partial charge in [-0.3, -0.25) is 0 Å². The summed E-state index contributed by atoms with van der Waals surface area (Å²) in [7, 11) is 0. The molecule has 116 valence electrons. The SMILES string of the molecule is CC(C)(C)Oc1ccc(CN=C(N)N2CCCCC2)cn1. The van der Waals surface area contributed by atoms with Crippen LogP contribution in [0.3, 0.4) is 0 Å². The second-order valence-corrected chi connectivity index (χ2v) is 6.44. The van der Waals surface area contributed by atoms with Crippen molar-refractivity contribution in [2.24, 2.45) is 10.7 Å². The highest BCUT2D eigenvalue weighted by Crippen LogP contribution is 2.15. The van der Waals surface area contributed by atoms with E-state index < -0.39 is 0 Å². The largest absolute Gasteiger partial charge is 0.472 e. The lowest BCUT2D eigenvalue weighted by Gasteiger charge is -2.27. The third-order valence-electron chi connectivity index (χ3n) is 3.31. The molecule has 0 saturated carbocycles. The average Bonchev–Trinajstić information content (AvgIpc) is 2.45. The van der Waals surface area contributed by atoms with Crippen molar-refractivity contribution >= 4 is 5.96 Å². The van der Waals surface area contributed by atoms with Crippen molar-refractivity contribution in [3.63, 3.8) is 0 Å². The molecule has 1 aromatic heterocycles. The summed E-state index contributed by atoms with van der Waals surface area (Å²) in [6.07, 6.45) is 5.50. The van der Waals surface area contributed by atoms with Crippen LogP contribution in [0.4, 0.5) is 0 Å². The molecule has 5 heteroatoms. The van der Waals surface area contributed by atoms with E-state index in [-0.39, 0.29) is 5.60 Å². The molecule has 0 unspecified atom stereocenters. The van der Waals surface area contributed by atoms with E-state index in [1.807, 2.05) is 32.9 Å². The molecule has 1 aromatic rings. The van der Waals surface area contributed by atoms with Gasteiger partial charge >= 0.3 is 0 Å². The Balaban J connectivity index is 1.90. The monoisotopic (exact) mass is 290 g/mol. The van der Waals surface area contributed by atoms with Crippen LogP contribution in [0.2, 0.25) is 0 Å². The minimum absolute atomic E-state index is 0.231. The maximum atomic E-state index is 6.04. The molecule has 0 bridgehead atoms. The van der Waals surface area contributed by atoms with Crippen LogP contribution in [0.15, 0.2) is 23.3 Å². The number of rotatable bonds is 3. The molecule has 0 atom stereocenters. The quantitative estimate of drug-likeness (QED) is 0.686. The van der Waals surface area contributed by atoms with Crippen molar-refractivity contribution in [1.29, 1.82) is 0 Å². The molecule has 0 aromatic carbocycles. The van der Waals surface area contributed by atoms with Crippen LogP contribution in [0.1, 0.15) is 45.6 Å². The molecule has 2 N–H and O–H groups in total. The lowest BCUT2D eigenvalue weighted by Crippen LogP contribution is -2.40. The first-order chi connectivity index (χ1) is 9.94. The highest BCUT2D eigenvalue weighted by atomic mass is 16.5. The summed E-state index contributed by atoms with van der Waals surface area (Å²) < 4.78 is 5.70. The molecular weight excluding hydrogens is 264 g/mol. The van der Waals surface area contributed by atoms with Crippen molar-refractivity contribution in [3.8, 4) is 5.88 Å². The Morgan fingerprint density at radius 2 is 2.00 bits per heavy atom. The van der Waals surface area contributed by atoms with Gasteiger partial charge in [0.25, 0.3) is 0 Å². The van der Waals surface area contributed by atoms with Crippen molar-refractivity contribution in [2.75, 3.05) is 13.1 Å². The van der Waals surface area contributed by atoms with Gasteiger partial charge in [0.05, 0.1) is 6.54 Å². The number of aromatic nitrogens is 1. The molecule has 2 rings (SSSR count). The van der Waals surface area contributed by atoms with Gasteiger partial charge in [-0.1, -0.05) is 6.07 Å². The van der Waals surface area contributed by atoms with Gasteiger partial charge in [-0.2, -0.15) is 0 Å². The van der Waals surface area contributed by atoms with Gasteiger partial charge in [0.1, 0.15) is 5.60 Å². The van der Waals surface area contributed by atoms with Crippen molar-refractivity contribution < 1.29 is 4.74 Å². The molecule has 5 nitrogen and oxygen atoms in total. The number of nitrogens with two attached hydrogens (primary N) is 1. The summed E-state index contributed by atoms with van der Waals surface area (Å²) in [5.74, 6) is 1.28. The van der Waals surface area contributed by atoms with Crippen molar-refractivity contribution in [3.05, 3.63) is 23.9 Å². The lowest BCUT2D eigenvalue weighted by molar-refractivity contribution is 0.124. The summed E-state index contributed by atoms with van der Waals surface area (Å²) in [5.41, 5.74) is 6.85. The Bertz CT molecular complexity index is 470.